The molecule has 2 aromatic carbocycles. The lowest BCUT2D eigenvalue weighted by Crippen LogP contribution is -2.38. The van der Waals surface area contributed by atoms with Gasteiger partial charge in [0.15, 0.2) is 0 Å². The van der Waals surface area contributed by atoms with Gasteiger partial charge in [-0.3, -0.25) is 4.90 Å². The Hall–Kier alpha value is -2.44. The van der Waals surface area contributed by atoms with Crippen molar-refractivity contribution in [2.24, 2.45) is 0 Å². The second-order valence-electron chi connectivity index (χ2n) is 7.89. The molecule has 0 bridgehead atoms. The Morgan fingerprint density at radius 1 is 0.759 bits per heavy atom. The minimum atomic E-state index is 0.752. The number of ether oxygens (including phenoxy) is 1. The average molecular weight is 398 g/mol. The summed E-state index contributed by atoms with van der Waals surface area (Å²) in [6.07, 6.45) is 0. The predicted octanol–water partition coefficient (Wildman–Crippen LogP) is 2.74. The van der Waals surface area contributed by atoms with E-state index in [9.17, 15) is 0 Å². The Morgan fingerprint density at radius 2 is 1.21 bits per heavy atom. The number of nitrogen functional groups attached to an aromatic ring is 2. The lowest BCUT2D eigenvalue weighted by molar-refractivity contribution is 0.151. The van der Waals surface area contributed by atoms with E-state index in [0.717, 1.165) is 74.9 Å². The maximum absolute atomic E-state index is 6.04. The first kappa shape index (κ1) is 21.3. The Labute approximate surface area is 175 Å². The van der Waals surface area contributed by atoms with Crippen LogP contribution < -0.4 is 21.3 Å². The van der Waals surface area contributed by atoms with Crippen LogP contribution in [-0.4, -0.2) is 64.4 Å². The van der Waals surface area contributed by atoms with E-state index in [0.29, 0.717) is 0 Å². The maximum Gasteiger partial charge on any atom is 0.0589 e. The molecule has 2 aromatic rings. The van der Waals surface area contributed by atoms with Crippen molar-refractivity contribution in [3.63, 3.8) is 0 Å². The van der Waals surface area contributed by atoms with Gasteiger partial charge in [0.25, 0.3) is 0 Å². The molecular weight excluding hydrogens is 362 g/mol. The van der Waals surface area contributed by atoms with Crippen molar-refractivity contribution in [2.75, 3.05) is 80.8 Å². The molecule has 6 heteroatoms. The highest BCUT2D eigenvalue weighted by atomic mass is 16.5. The van der Waals surface area contributed by atoms with Crippen LogP contribution in [0.15, 0.2) is 36.4 Å². The zero-order valence-electron chi connectivity index (χ0n) is 18.0. The molecule has 1 aliphatic heterocycles. The van der Waals surface area contributed by atoms with E-state index < -0.39 is 0 Å². The summed E-state index contributed by atoms with van der Waals surface area (Å²) in [6, 6.07) is 12.7. The van der Waals surface area contributed by atoms with Crippen molar-refractivity contribution in [2.45, 2.75) is 13.8 Å². The van der Waals surface area contributed by atoms with Crippen LogP contribution in [0.4, 0.5) is 22.7 Å². The van der Waals surface area contributed by atoms with Gasteiger partial charge in [-0.15, -0.1) is 0 Å². The molecule has 1 saturated heterocycles. The monoisotopic (exact) mass is 397 g/mol. The maximum atomic E-state index is 6.04. The smallest absolute Gasteiger partial charge is 0.0589 e. The molecule has 1 fully saturated rings. The van der Waals surface area contributed by atoms with E-state index in [2.05, 4.69) is 52.8 Å². The normalized spacial score (nSPS) is 16.4. The molecule has 3 rings (SSSR count). The molecule has 0 aliphatic carbocycles. The minimum Gasteiger partial charge on any atom is -0.399 e. The molecule has 4 N–H and O–H groups in total. The van der Waals surface area contributed by atoms with Crippen LogP contribution in [0.5, 0.6) is 0 Å². The Kier molecular flexibility index (Phi) is 7.23. The SMILES string of the molecule is COCCN1CCN(c2ccc(N)c(C)c2)CCN(c2ccc(N)c(C)c2)CC1. The van der Waals surface area contributed by atoms with Crippen molar-refractivity contribution in [1.82, 2.24) is 4.90 Å². The summed E-state index contributed by atoms with van der Waals surface area (Å²) in [5.74, 6) is 0. The van der Waals surface area contributed by atoms with Crippen LogP contribution >= 0.6 is 0 Å². The molecule has 6 nitrogen and oxygen atoms in total. The first-order valence-corrected chi connectivity index (χ1v) is 10.4. The number of hydrogen-bond acceptors (Lipinski definition) is 6. The van der Waals surface area contributed by atoms with Crippen molar-refractivity contribution in [3.05, 3.63) is 47.5 Å². The summed E-state index contributed by atoms with van der Waals surface area (Å²) < 4.78 is 5.33. The number of hydrogen-bond donors (Lipinski definition) is 2. The van der Waals surface area contributed by atoms with Gasteiger partial charge in [0, 0.05) is 75.7 Å². The Balaban J connectivity index is 1.83. The number of aryl methyl sites for hydroxylation is 2. The fourth-order valence-corrected chi connectivity index (χ4v) is 3.77. The van der Waals surface area contributed by atoms with Gasteiger partial charge in [-0.2, -0.15) is 0 Å². The van der Waals surface area contributed by atoms with Crippen LogP contribution in [0.25, 0.3) is 0 Å². The quantitative estimate of drug-likeness (QED) is 0.756. The van der Waals surface area contributed by atoms with E-state index in [1.165, 1.54) is 11.4 Å². The van der Waals surface area contributed by atoms with Gasteiger partial charge in [-0.05, 0) is 61.4 Å². The van der Waals surface area contributed by atoms with Gasteiger partial charge in [-0.1, -0.05) is 0 Å². The zero-order valence-corrected chi connectivity index (χ0v) is 18.0. The zero-order chi connectivity index (χ0) is 20.8. The van der Waals surface area contributed by atoms with Crippen LogP contribution in [0.3, 0.4) is 0 Å². The fourth-order valence-electron chi connectivity index (χ4n) is 3.77. The van der Waals surface area contributed by atoms with E-state index in [-0.39, 0.29) is 0 Å². The van der Waals surface area contributed by atoms with Crippen LogP contribution in [0, 0.1) is 13.8 Å². The number of methoxy groups -OCH3 is 1. The van der Waals surface area contributed by atoms with Crippen LogP contribution in [0.2, 0.25) is 0 Å². The summed E-state index contributed by atoms with van der Waals surface area (Å²) in [5, 5.41) is 0. The molecule has 0 radical (unpaired) electrons. The molecule has 0 saturated carbocycles. The highest BCUT2D eigenvalue weighted by Crippen LogP contribution is 2.24. The molecular formula is C23H35N5O. The molecule has 0 unspecified atom stereocenters. The van der Waals surface area contributed by atoms with E-state index >= 15 is 0 Å². The van der Waals surface area contributed by atoms with Gasteiger partial charge in [-0.25, -0.2) is 0 Å². The molecule has 0 spiro atoms. The highest BCUT2D eigenvalue weighted by molar-refractivity contribution is 5.60. The third-order valence-corrected chi connectivity index (χ3v) is 5.86. The third kappa shape index (κ3) is 5.55. The first-order valence-electron chi connectivity index (χ1n) is 10.4. The minimum absolute atomic E-state index is 0.752. The van der Waals surface area contributed by atoms with Gasteiger partial charge in [0.05, 0.1) is 6.61 Å². The summed E-state index contributed by atoms with van der Waals surface area (Å²) in [6.45, 7) is 11.8. The molecule has 1 heterocycles. The Bertz CT molecular complexity index is 746. The Morgan fingerprint density at radius 3 is 1.62 bits per heavy atom. The number of nitrogens with zero attached hydrogens (tertiary/aromatic N) is 3. The summed E-state index contributed by atoms with van der Waals surface area (Å²) in [5.41, 5.74) is 18.5. The van der Waals surface area contributed by atoms with Crippen LogP contribution in [-0.2, 0) is 4.74 Å². The van der Waals surface area contributed by atoms with Crippen molar-refractivity contribution in [3.8, 4) is 0 Å². The topological polar surface area (TPSA) is 71.0 Å². The van der Waals surface area contributed by atoms with Crippen molar-refractivity contribution in [1.29, 1.82) is 0 Å². The largest absolute Gasteiger partial charge is 0.399 e. The summed E-state index contributed by atoms with van der Waals surface area (Å²) >= 11 is 0. The lowest BCUT2D eigenvalue weighted by Gasteiger charge is -2.29. The number of benzene rings is 2. The number of rotatable bonds is 5. The summed E-state index contributed by atoms with van der Waals surface area (Å²) in [7, 11) is 1.77. The molecule has 1 aliphatic rings. The fraction of sp³-hybridized carbons (Fsp3) is 0.478. The molecule has 29 heavy (non-hydrogen) atoms. The predicted molar refractivity (Wildman–Crippen MR) is 124 cm³/mol. The van der Waals surface area contributed by atoms with E-state index in [1.54, 1.807) is 7.11 Å². The van der Waals surface area contributed by atoms with E-state index in [4.69, 9.17) is 16.2 Å². The van der Waals surface area contributed by atoms with Crippen molar-refractivity contribution >= 4 is 22.7 Å². The molecule has 0 atom stereocenters. The molecule has 158 valence electrons. The first-order chi connectivity index (χ1) is 14.0. The number of anilines is 4. The van der Waals surface area contributed by atoms with Gasteiger partial charge in [0.1, 0.15) is 0 Å². The highest BCUT2D eigenvalue weighted by Gasteiger charge is 2.18. The van der Waals surface area contributed by atoms with Gasteiger partial charge in [0.2, 0.25) is 0 Å². The van der Waals surface area contributed by atoms with Crippen LogP contribution in [0.1, 0.15) is 11.1 Å². The van der Waals surface area contributed by atoms with E-state index in [1.807, 2.05) is 12.1 Å². The molecule has 0 aromatic heterocycles. The second kappa shape index (κ2) is 9.85. The van der Waals surface area contributed by atoms with Gasteiger partial charge >= 0.3 is 0 Å². The third-order valence-electron chi connectivity index (χ3n) is 5.86. The van der Waals surface area contributed by atoms with Crippen molar-refractivity contribution < 1.29 is 4.74 Å². The van der Waals surface area contributed by atoms with Gasteiger partial charge < -0.3 is 26.0 Å². The molecule has 0 amide bonds. The standard InChI is InChI=1S/C23H35N5O/c1-18-16-20(4-6-22(18)24)27-10-8-26(14-15-29-3)9-11-28(13-12-27)21-5-7-23(25)19(2)17-21/h4-7,16-17H,8-15,24-25H2,1-3H3. The summed E-state index contributed by atoms with van der Waals surface area (Å²) in [4.78, 5) is 7.42. The average Bonchev–Trinajstić information content (AvgIpc) is 2.81. The second-order valence-corrected chi connectivity index (χ2v) is 7.89. The number of nitrogens with two attached hydrogens (primary N) is 2. The lowest BCUT2D eigenvalue weighted by atomic mass is 10.1.